The first kappa shape index (κ1) is 19.3. The number of nitrogens with one attached hydrogen (secondary N) is 3. The van der Waals surface area contributed by atoms with Crippen molar-refractivity contribution < 1.29 is 14.3 Å². The minimum Gasteiger partial charge on any atom is -0.459 e. The summed E-state index contributed by atoms with van der Waals surface area (Å²) < 4.78 is 5.45. The van der Waals surface area contributed by atoms with Gasteiger partial charge in [-0.2, -0.15) is 0 Å². The number of esters is 1. The van der Waals surface area contributed by atoms with Gasteiger partial charge in [0.05, 0.1) is 23.9 Å². The first-order valence-electron chi connectivity index (χ1n) is 9.03. The Kier molecular flexibility index (Phi) is 5.88. The zero-order valence-corrected chi connectivity index (χ0v) is 16.1. The van der Waals surface area contributed by atoms with E-state index in [1.165, 1.54) is 7.05 Å². The SMILES string of the molecule is CNC(=O)NC1=NCC2=C(N1)C(C(=O)OC(C)C)=CC(c1cccnc1)=CC2. The van der Waals surface area contributed by atoms with Gasteiger partial charge in [-0.15, -0.1) is 0 Å². The van der Waals surface area contributed by atoms with Gasteiger partial charge < -0.3 is 15.4 Å². The predicted molar refractivity (Wildman–Crippen MR) is 106 cm³/mol. The monoisotopic (exact) mass is 381 g/mol. The smallest absolute Gasteiger partial charge is 0.340 e. The Morgan fingerprint density at radius 1 is 1.32 bits per heavy atom. The van der Waals surface area contributed by atoms with Gasteiger partial charge in [-0.3, -0.25) is 10.3 Å². The molecule has 0 unspecified atom stereocenters. The quantitative estimate of drug-likeness (QED) is 0.694. The van der Waals surface area contributed by atoms with Crippen LogP contribution in [0, 0.1) is 0 Å². The van der Waals surface area contributed by atoms with Crippen molar-refractivity contribution in [1.82, 2.24) is 20.9 Å². The van der Waals surface area contributed by atoms with Crippen molar-refractivity contribution in [3.05, 3.63) is 59.1 Å². The van der Waals surface area contributed by atoms with E-state index in [-0.39, 0.29) is 12.1 Å². The lowest BCUT2D eigenvalue weighted by Crippen LogP contribution is -2.47. The Bertz CT molecular complexity index is 898. The second-order valence-corrected chi connectivity index (χ2v) is 6.59. The summed E-state index contributed by atoms with van der Waals surface area (Å²) in [7, 11) is 1.52. The van der Waals surface area contributed by atoms with Crippen LogP contribution in [0.2, 0.25) is 0 Å². The summed E-state index contributed by atoms with van der Waals surface area (Å²) in [6.07, 6.45) is 7.63. The molecule has 0 aromatic carbocycles. The van der Waals surface area contributed by atoms with Crippen LogP contribution >= 0.6 is 0 Å². The van der Waals surface area contributed by atoms with Gasteiger partial charge in [0, 0.05) is 19.4 Å². The van der Waals surface area contributed by atoms with Crippen LogP contribution in [-0.4, -0.2) is 42.6 Å². The fraction of sp³-hybridized carbons (Fsp3) is 0.300. The summed E-state index contributed by atoms with van der Waals surface area (Å²) in [6.45, 7) is 3.97. The molecule has 0 bridgehead atoms. The average Bonchev–Trinajstić information content (AvgIpc) is 2.87. The number of hydrogen-bond acceptors (Lipinski definition) is 6. The van der Waals surface area contributed by atoms with Crippen LogP contribution in [0.5, 0.6) is 0 Å². The molecule has 0 radical (unpaired) electrons. The van der Waals surface area contributed by atoms with Crippen molar-refractivity contribution in [1.29, 1.82) is 0 Å². The van der Waals surface area contributed by atoms with Crippen molar-refractivity contribution in [3.63, 3.8) is 0 Å². The fourth-order valence-electron chi connectivity index (χ4n) is 2.86. The third-order valence-corrected chi connectivity index (χ3v) is 4.18. The van der Waals surface area contributed by atoms with Gasteiger partial charge in [0.2, 0.25) is 5.96 Å². The maximum absolute atomic E-state index is 12.8. The molecule has 3 N–H and O–H groups in total. The van der Waals surface area contributed by atoms with E-state index >= 15 is 0 Å². The topological polar surface area (TPSA) is 105 Å². The van der Waals surface area contributed by atoms with Crippen molar-refractivity contribution >= 4 is 23.5 Å². The summed E-state index contributed by atoms with van der Waals surface area (Å²) in [5.41, 5.74) is 3.72. The highest BCUT2D eigenvalue weighted by molar-refractivity contribution is 6.02. The molecule has 1 aromatic rings. The van der Waals surface area contributed by atoms with Crippen molar-refractivity contribution in [2.45, 2.75) is 26.4 Å². The Hall–Kier alpha value is -3.42. The van der Waals surface area contributed by atoms with Crippen LogP contribution < -0.4 is 16.0 Å². The summed E-state index contributed by atoms with van der Waals surface area (Å²) in [6, 6.07) is 3.39. The molecule has 0 fully saturated rings. The van der Waals surface area contributed by atoms with E-state index in [2.05, 4.69) is 25.9 Å². The third-order valence-electron chi connectivity index (χ3n) is 4.18. The van der Waals surface area contributed by atoms with E-state index in [1.807, 2.05) is 18.2 Å². The zero-order valence-electron chi connectivity index (χ0n) is 16.1. The minimum absolute atomic E-state index is 0.257. The highest BCUT2D eigenvalue weighted by atomic mass is 16.5. The fourth-order valence-corrected chi connectivity index (χ4v) is 2.86. The molecule has 2 amide bonds. The molecule has 3 rings (SSSR count). The van der Waals surface area contributed by atoms with Gasteiger partial charge in [-0.05, 0) is 49.1 Å². The van der Waals surface area contributed by atoms with Crippen LogP contribution in [0.1, 0.15) is 25.8 Å². The molecular formula is C20H23N5O3. The summed E-state index contributed by atoms with van der Waals surface area (Å²) >= 11 is 0. The van der Waals surface area contributed by atoms with E-state index in [9.17, 15) is 9.59 Å². The number of aliphatic imine (C=N–C) groups is 1. The van der Waals surface area contributed by atoms with E-state index < -0.39 is 12.0 Å². The number of rotatable bonds is 3. The zero-order chi connectivity index (χ0) is 20.1. The molecule has 0 atom stereocenters. The molecule has 0 saturated heterocycles. The van der Waals surface area contributed by atoms with Crippen LogP contribution in [-0.2, 0) is 9.53 Å². The number of pyridine rings is 1. The second kappa shape index (κ2) is 8.51. The normalized spacial score (nSPS) is 16.1. The first-order valence-corrected chi connectivity index (χ1v) is 9.03. The Morgan fingerprint density at radius 2 is 2.14 bits per heavy atom. The molecule has 146 valence electrons. The number of hydrogen-bond donors (Lipinski definition) is 3. The Balaban J connectivity index is 1.96. The van der Waals surface area contributed by atoms with Crippen molar-refractivity contribution in [2.24, 2.45) is 4.99 Å². The summed E-state index contributed by atoms with van der Waals surface area (Å²) in [5.74, 6) is -0.154. The standard InChI is InChI=1S/C20H23N5O3/c1-12(2)28-18(26)16-9-13(14-5-4-8-22-10-14)6-7-15-11-23-19(24-17(15)16)25-20(27)21-3/h4-6,8-10,12H,7,11H2,1-3H3,(H3,21,23,24,25,27). The number of allylic oxidation sites excluding steroid dienone is 3. The molecule has 1 aliphatic carbocycles. The molecule has 1 aromatic heterocycles. The third kappa shape index (κ3) is 4.46. The van der Waals surface area contributed by atoms with Gasteiger partial charge in [-0.1, -0.05) is 12.1 Å². The number of ether oxygens (including phenoxy) is 1. The number of carbonyl (C=O) groups excluding carboxylic acids is 2. The maximum atomic E-state index is 12.8. The van der Waals surface area contributed by atoms with Crippen molar-refractivity contribution in [2.75, 3.05) is 13.6 Å². The van der Waals surface area contributed by atoms with E-state index in [4.69, 9.17) is 4.74 Å². The number of carbonyl (C=O) groups is 2. The molecule has 1 aliphatic heterocycles. The van der Waals surface area contributed by atoms with Crippen LogP contribution in [0.3, 0.4) is 0 Å². The second-order valence-electron chi connectivity index (χ2n) is 6.59. The van der Waals surface area contributed by atoms with E-state index in [0.717, 1.165) is 16.7 Å². The Morgan fingerprint density at radius 3 is 2.82 bits per heavy atom. The summed E-state index contributed by atoms with van der Waals surface area (Å²) in [4.78, 5) is 33.0. The highest BCUT2D eigenvalue weighted by Gasteiger charge is 2.27. The lowest BCUT2D eigenvalue weighted by Gasteiger charge is -2.23. The maximum Gasteiger partial charge on any atom is 0.340 e. The number of guanidine groups is 1. The molecular weight excluding hydrogens is 358 g/mol. The van der Waals surface area contributed by atoms with Gasteiger partial charge in [0.25, 0.3) is 0 Å². The van der Waals surface area contributed by atoms with Gasteiger partial charge >= 0.3 is 12.0 Å². The molecule has 0 saturated carbocycles. The average molecular weight is 381 g/mol. The lowest BCUT2D eigenvalue weighted by atomic mass is 10.0. The largest absolute Gasteiger partial charge is 0.459 e. The first-order chi connectivity index (χ1) is 13.5. The molecule has 0 spiro atoms. The van der Waals surface area contributed by atoms with Crippen LogP contribution in [0.15, 0.2) is 58.5 Å². The van der Waals surface area contributed by atoms with Gasteiger partial charge in [0.15, 0.2) is 0 Å². The van der Waals surface area contributed by atoms with Crippen molar-refractivity contribution in [3.8, 4) is 0 Å². The number of nitrogens with zero attached hydrogens (tertiary/aromatic N) is 2. The number of amides is 2. The van der Waals surface area contributed by atoms with Gasteiger partial charge in [0.1, 0.15) is 0 Å². The predicted octanol–water partition coefficient (Wildman–Crippen LogP) is 1.89. The molecule has 8 nitrogen and oxygen atoms in total. The lowest BCUT2D eigenvalue weighted by molar-refractivity contribution is -0.142. The number of aromatic nitrogens is 1. The summed E-state index contributed by atoms with van der Waals surface area (Å²) in [5, 5.41) is 8.16. The molecule has 2 aliphatic rings. The van der Waals surface area contributed by atoms with E-state index in [0.29, 0.717) is 24.2 Å². The van der Waals surface area contributed by atoms with Gasteiger partial charge in [-0.25, -0.2) is 14.6 Å². The molecule has 8 heteroatoms. The minimum atomic E-state index is -0.437. The van der Waals surface area contributed by atoms with Crippen LogP contribution in [0.25, 0.3) is 5.57 Å². The number of urea groups is 1. The van der Waals surface area contributed by atoms with E-state index in [1.54, 1.807) is 32.3 Å². The molecule has 2 heterocycles. The highest BCUT2D eigenvalue weighted by Crippen LogP contribution is 2.29. The molecule has 28 heavy (non-hydrogen) atoms. The Labute approximate surface area is 163 Å². The van der Waals surface area contributed by atoms with Crippen LogP contribution in [0.4, 0.5) is 4.79 Å².